The van der Waals surface area contributed by atoms with Crippen molar-refractivity contribution in [3.63, 3.8) is 0 Å². The number of aliphatic carboxylic acids is 1. The summed E-state index contributed by atoms with van der Waals surface area (Å²) in [5, 5.41) is 10.9. The third-order valence-corrected chi connectivity index (χ3v) is 2.65. The lowest BCUT2D eigenvalue weighted by molar-refractivity contribution is -0.137. The minimum atomic E-state index is -1.56. The number of amides is 2. The van der Waals surface area contributed by atoms with E-state index in [2.05, 4.69) is 5.32 Å². The molecule has 5 nitrogen and oxygen atoms in total. The molecule has 0 unspecified atom stereocenters. The summed E-state index contributed by atoms with van der Waals surface area (Å²) in [5.74, 6) is -5.16. The molecular formula is C13H15F3N2O3. The van der Waals surface area contributed by atoms with E-state index in [0.717, 1.165) is 17.0 Å². The number of nitrogens with one attached hydrogen (secondary N) is 1. The highest BCUT2D eigenvalue weighted by Crippen LogP contribution is 2.14. The molecule has 1 aromatic rings. The van der Waals surface area contributed by atoms with Gasteiger partial charge < -0.3 is 15.3 Å². The number of halogens is 3. The molecule has 21 heavy (non-hydrogen) atoms. The summed E-state index contributed by atoms with van der Waals surface area (Å²) in [4.78, 5) is 23.1. The van der Waals surface area contributed by atoms with Crippen molar-refractivity contribution in [2.75, 3.05) is 13.6 Å². The van der Waals surface area contributed by atoms with Crippen LogP contribution in [0, 0.1) is 17.5 Å². The normalized spacial score (nSPS) is 10.3. The molecule has 1 aromatic carbocycles. The van der Waals surface area contributed by atoms with E-state index in [4.69, 9.17) is 5.11 Å². The SMILES string of the molecule is CN(Cc1cc(F)c(F)c(F)c1)C(=O)NCCCC(=O)O. The van der Waals surface area contributed by atoms with Crippen molar-refractivity contribution in [1.82, 2.24) is 10.2 Å². The number of carboxylic acid groups (broad SMARTS) is 1. The fourth-order valence-corrected chi connectivity index (χ4v) is 1.61. The molecule has 1 rings (SSSR count). The van der Waals surface area contributed by atoms with Crippen LogP contribution in [-0.2, 0) is 11.3 Å². The predicted molar refractivity (Wildman–Crippen MR) is 68.1 cm³/mol. The van der Waals surface area contributed by atoms with Crippen molar-refractivity contribution in [2.45, 2.75) is 19.4 Å². The Kier molecular flexibility index (Phi) is 6.01. The van der Waals surface area contributed by atoms with Gasteiger partial charge in [-0.15, -0.1) is 0 Å². The molecule has 2 amide bonds. The van der Waals surface area contributed by atoms with E-state index in [9.17, 15) is 22.8 Å². The van der Waals surface area contributed by atoms with E-state index >= 15 is 0 Å². The second-order valence-corrected chi connectivity index (χ2v) is 4.46. The van der Waals surface area contributed by atoms with E-state index in [-0.39, 0.29) is 31.5 Å². The Hall–Kier alpha value is -2.25. The maximum atomic E-state index is 13.0. The van der Waals surface area contributed by atoms with Gasteiger partial charge in [-0.05, 0) is 24.1 Å². The first-order valence-electron chi connectivity index (χ1n) is 6.15. The Balaban J connectivity index is 2.50. The van der Waals surface area contributed by atoms with Crippen LogP contribution in [0.15, 0.2) is 12.1 Å². The number of carbonyl (C=O) groups excluding carboxylic acids is 1. The highest BCUT2D eigenvalue weighted by atomic mass is 19.2. The minimum absolute atomic E-state index is 0.0711. The monoisotopic (exact) mass is 304 g/mol. The van der Waals surface area contributed by atoms with Gasteiger partial charge in [0.1, 0.15) is 0 Å². The first-order chi connectivity index (χ1) is 9.81. The lowest BCUT2D eigenvalue weighted by Gasteiger charge is -2.18. The van der Waals surface area contributed by atoms with Crippen LogP contribution in [0.25, 0.3) is 0 Å². The molecule has 0 aliphatic heterocycles. The van der Waals surface area contributed by atoms with Gasteiger partial charge in [0.2, 0.25) is 0 Å². The number of urea groups is 1. The van der Waals surface area contributed by atoms with Crippen LogP contribution < -0.4 is 5.32 Å². The number of hydrogen-bond donors (Lipinski definition) is 2. The minimum Gasteiger partial charge on any atom is -0.481 e. The molecule has 0 saturated carbocycles. The lowest BCUT2D eigenvalue weighted by Crippen LogP contribution is -2.37. The topological polar surface area (TPSA) is 69.6 Å². The zero-order chi connectivity index (χ0) is 16.0. The second-order valence-electron chi connectivity index (χ2n) is 4.46. The molecule has 0 fully saturated rings. The molecule has 2 N–H and O–H groups in total. The molecule has 0 bridgehead atoms. The Morgan fingerprint density at radius 2 is 1.81 bits per heavy atom. The average Bonchev–Trinajstić information content (AvgIpc) is 2.40. The van der Waals surface area contributed by atoms with Crippen LogP contribution in [0.1, 0.15) is 18.4 Å². The smallest absolute Gasteiger partial charge is 0.317 e. The summed E-state index contributed by atoms with van der Waals surface area (Å²) in [6.07, 6.45) is 0.201. The molecule has 0 aromatic heterocycles. The van der Waals surface area contributed by atoms with E-state index in [1.165, 1.54) is 7.05 Å². The summed E-state index contributed by atoms with van der Waals surface area (Å²) < 4.78 is 38.8. The highest BCUT2D eigenvalue weighted by molar-refractivity contribution is 5.74. The van der Waals surface area contributed by atoms with Crippen molar-refractivity contribution >= 4 is 12.0 Å². The van der Waals surface area contributed by atoms with Crippen molar-refractivity contribution in [2.24, 2.45) is 0 Å². The fourth-order valence-electron chi connectivity index (χ4n) is 1.61. The first-order valence-corrected chi connectivity index (χ1v) is 6.15. The number of nitrogens with zero attached hydrogens (tertiary/aromatic N) is 1. The van der Waals surface area contributed by atoms with Crippen molar-refractivity contribution in [1.29, 1.82) is 0 Å². The second kappa shape index (κ2) is 7.51. The lowest BCUT2D eigenvalue weighted by atomic mass is 10.2. The molecule has 0 saturated heterocycles. The van der Waals surface area contributed by atoms with Gasteiger partial charge in [-0.3, -0.25) is 4.79 Å². The van der Waals surface area contributed by atoms with Crippen LogP contribution in [0.3, 0.4) is 0 Å². The van der Waals surface area contributed by atoms with E-state index in [1.807, 2.05) is 0 Å². The fraction of sp³-hybridized carbons (Fsp3) is 0.385. The van der Waals surface area contributed by atoms with Gasteiger partial charge in [0, 0.05) is 26.6 Å². The van der Waals surface area contributed by atoms with Crippen LogP contribution in [0.5, 0.6) is 0 Å². The Labute approximate surface area is 119 Å². The third kappa shape index (κ3) is 5.33. The van der Waals surface area contributed by atoms with E-state index in [0.29, 0.717) is 0 Å². The third-order valence-electron chi connectivity index (χ3n) is 2.65. The summed E-state index contributed by atoms with van der Waals surface area (Å²) in [6.45, 7) is 0.0560. The van der Waals surface area contributed by atoms with E-state index < -0.39 is 29.5 Å². The molecule has 0 atom stereocenters. The number of carboxylic acids is 1. The highest BCUT2D eigenvalue weighted by Gasteiger charge is 2.14. The van der Waals surface area contributed by atoms with Crippen LogP contribution in [0.2, 0.25) is 0 Å². The summed E-state index contributed by atoms with van der Waals surface area (Å²) in [7, 11) is 1.39. The molecular weight excluding hydrogens is 289 g/mol. The number of hydrogen-bond acceptors (Lipinski definition) is 2. The maximum Gasteiger partial charge on any atom is 0.317 e. The van der Waals surface area contributed by atoms with Gasteiger partial charge in [-0.25, -0.2) is 18.0 Å². The molecule has 8 heteroatoms. The van der Waals surface area contributed by atoms with Gasteiger partial charge in [0.15, 0.2) is 17.5 Å². The van der Waals surface area contributed by atoms with E-state index in [1.54, 1.807) is 0 Å². The number of rotatable bonds is 6. The van der Waals surface area contributed by atoms with Gasteiger partial charge in [0.25, 0.3) is 0 Å². The molecule has 0 radical (unpaired) electrons. The van der Waals surface area contributed by atoms with Crippen LogP contribution in [0.4, 0.5) is 18.0 Å². The molecule has 0 aliphatic rings. The average molecular weight is 304 g/mol. The largest absolute Gasteiger partial charge is 0.481 e. The van der Waals surface area contributed by atoms with Crippen molar-refractivity contribution in [3.05, 3.63) is 35.1 Å². The van der Waals surface area contributed by atoms with Crippen LogP contribution >= 0.6 is 0 Å². The maximum absolute atomic E-state index is 13.0. The number of benzene rings is 1. The van der Waals surface area contributed by atoms with Gasteiger partial charge in [0.05, 0.1) is 0 Å². The van der Waals surface area contributed by atoms with Gasteiger partial charge in [-0.1, -0.05) is 0 Å². The Morgan fingerprint density at radius 1 is 1.24 bits per heavy atom. The summed E-state index contributed by atoms with van der Waals surface area (Å²) in [5.41, 5.74) is 0.106. The zero-order valence-electron chi connectivity index (χ0n) is 11.3. The van der Waals surface area contributed by atoms with Crippen molar-refractivity contribution in [3.8, 4) is 0 Å². The first kappa shape index (κ1) is 16.8. The summed E-state index contributed by atoms with van der Waals surface area (Å²) >= 11 is 0. The number of carbonyl (C=O) groups is 2. The predicted octanol–water partition coefficient (Wildman–Crippen LogP) is 2.11. The molecule has 0 spiro atoms. The van der Waals surface area contributed by atoms with Gasteiger partial charge >= 0.3 is 12.0 Å². The van der Waals surface area contributed by atoms with Crippen molar-refractivity contribution < 1.29 is 27.9 Å². The van der Waals surface area contributed by atoms with Gasteiger partial charge in [-0.2, -0.15) is 0 Å². The quantitative estimate of drug-likeness (QED) is 0.624. The zero-order valence-corrected chi connectivity index (χ0v) is 11.3. The molecule has 0 aliphatic carbocycles. The standard InChI is InChI=1S/C13H15F3N2O3/c1-18(13(21)17-4-2-3-11(19)20)7-8-5-9(14)12(16)10(15)6-8/h5-6H,2-4,7H2,1H3,(H,17,21)(H,19,20). The Morgan fingerprint density at radius 3 is 2.33 bits per heavy atom. The summed E-state index contributed by atoms with van der Waals surface area (Å²) in [6, 6.07) is 1.10. The molecule has 0 heterocycles. The molecule has 116 valence electrons. The Bertz CT molecular complexity index is 514. The van der Waals surface area contributed by atoms with Crippen LogP contribution in [-0.4, -0.2) is 35.6 Å².